The van der Waals surface area contributed by atoms with E-state index in [-0.39, 0.29) is 5.91 Å². The molecular formula is C21H28N2O4S. The molecule has 6 nitrogen and oxygen atoms in total. The minimum atomic E-state index is -3.63. The largest absolute Gasteiger partial charge is 0.497 e. The summed E-state index contributed by atoms with van der Waals surface area (Å²) in [6.45, 7) is 5.75. The number of amides is 1. The van der Waals surface area contributed by atoms with Crippen LogP contribution in [-0.4, -0.2) is 40.3 Å². The Morgan fingerprint density at radius 2 is 1.79 bits per heavy atom. The number of carbonyl (C=O) groups is 1. The van der Waals surface area contributed by atoms with Crippen LogP contribution in [0.5, 0.6) is 5.75 Å². The van der Waals surface area contributed by atoms with Crippen molar-refractivity contribution in [2.24, 2.45) is 0 Å². The van der Waals surface area contributed by atoms with Gasteiger partial charge in [0.2, 0.25) is 15.9 Å². The number of sulfonamides is 1. The van der Waals surface area contributed by atoms with Gasteiger partial charge in [0.25, 0.3) is 0 Å². The molecule has 0 aliphatic rings. The number of hydrogen-bond donors (Lipinski definition) is 1. The highest BCUT2D eigenvalue weighted by atomic mass is 32.2. The van der Waals surface area contributed by atoms with E-state index in [0.29, 0.717) is 18.7 Å². The first-order valence-electron chi connectivity index (χ1n) is 9.10. The van der Waals surface area contributed by atoms with E-state index in [4.69, 9.17) is 4.74 Å². The molecule has 0 spiro atoms. The number of carbonyl (C=O) groups excluding carboxylic acids is 1. The van der Waals surface area contributed by atoms with Crippen LogP contribution in [0.4, 0.5) is 5.69 Å². The maximum atomic E-state index is 12.7. The van der Waals surface area contributed by atoms with Gasteiger partial charge in [0.05, 0.1) is 19.1 Å². The van der Waals surface area contributed by atoms with Gasteiger partial charge in [-0.2, -0.15) is 0 Å². The summed E-state index contributed by atoms with van der Waals surface area (Å²) in [5.74, 6) is 0.443. The Morgan fingerprint density at radius 3 is 2.36 bits per heavy atom. The molecule has 0 aromatic heterocycles. The van der Waals surface area contributed by atoms with Gasteiger partial charge in [-0.3, -0.25) is 9.10 Å². The van der Waals surface area contributed by atoms with Crippen molar-refractivity contribution >= 4 is 21.6 Å². The van der Waals surface area contributed by atoms with Gasteiger partial charge in [0.15, 0.2) is 0 Å². The minimum Gasteiger partial charge on any atom is -0.497 e. The molecule has 1 N–H and O–H groups in total. The maximum Gasteiger partial charge on any atom is 0.243 e. The van der Waals surface area contributed by atoms with Crippen LogP contribution in [0.3, 0.4) is 0 Å². The van der Waals surface area contributed by atoms with Gasteiger partial charge in [0.1, 0.15) is 11.8 Å². The van der Waals surface area contributed by atoms with Crippen molar-refractivity contribution in [2.75, 3.05) is 24.2 Å². The van der Waals surface area contributed by atoms with Crippen LogP contribution in [0.25, 0.3) is 0 Å². The second kappa shape index (κ2) is 9.10. The quantitative estimate of drug-likeness (QED) is 0.734. The van der Waals surface area contributed by atoms with Crippen LogP contribution < -0.4 is 14.4 Å². The van der Waals surface area contributed by atoms with Crippen molar-refractivity contribution in [2.45, 2.75) is 33.2 Å². The van der Waals surface area contributed by atoms with E-state index in [0.717, 1.165) is 28.7 Å². The van der Waals surface area contributed by atoms with Gasteiger partial charge in [-0.25, -0.2) is 8.42 Å². The number of hydrogen-bond acceptors (Lipinski definition) is 4. The van der Waals surface area contributed by atoms with Gasteiger partial charge < -0.3 is 10.1 Å². The van der Waals surface area contributed by atoms with Gasteiger partial charge in [-0.05, 0) is 62.1 Å². The first kappa shape index (κ1) is 21.8. The van der Waals surface area contributed by atoms with Crippen LogP contribution in [0.2, 0.25) is 0 Å². The first-order chi connectivity index (χ1) is 13.1. The zero-order valence-electron chi connectivity index (χ0n) is 17.0. The summed E-state index contributed by atoms with van der Waals surface area (Å²) in [6, 6.07) is 12.3. The zero-order chi connectivity index (χ0) is 20.9. The van der Waals surface area contributed by atoms with Gasteiger partial charge in [0, 0.05) is 6.54 Å². The van der Waals surface area contributed by atoms with Crippen LogP contribution in [0, 0.1) is 13.8 Å². The fourth-order valence-corrected chi connectivity index (χ4v) is 4.23. The predicted octanol–water partition coefficient (Wildman–Crippen LogP) is 2.83. The van der Waals surface area contributed by atoms with E-state index in [1.807, 2.05) is 50.2 Å². The summed E-state index contributed by atoms with van der Waals surface area (Å²) < 4.78 is 31.2. The second-order valence-electron chi connectivity index (χ2n) is 6.91. The van der Waals surface area contributed by atoms with Crippen molar-refractivity contribution in [3.05, 3.63) is 59.2 Å². The van der Waals surface area contributed by atoms with Crippen LogP contribution in [0.15, 0.2) is 42.5 Å². The maximum absolute atomic E-state index is 12.7. The van der Waals surface area contributed by atoms with E-state index < -0.39 is 16.1 Å². The summed E-state index contributed by atoms with van der Waals surface area (Å²) in [7, 11) is -2.02. The lowest BCUT2D eigenvalue weighted by Gasteiger charge is -2.29. The highest BCUT2D eigenvalue weighted by Crippen LogP contribution is 2.26. The van der Waals surface area contributed by atoms with Crippen molar-refractivity contribution in [3.8, 4) is 5.75 Å². The molecule has 0 heterocycles. The molecule has 0 bridgehead atoms. The molecule has 0 aliphatic heterocycles. The minimum absolute atomic E-state index is 0.333. The molecule has 7 heteroatoms. The number of benzene rings is 2. The molecule has 28 heavy (non-hydrogen) atoms. The third kappa shape index (κ3) is 5.48. The number of nitrogens with one attached hydrogen (secondary N) is 1. The molecule has 0 radical (unpaired) electrons. The lowest BCUT2D eigenvalue weighted by atomic mass is 10.1. The van der Waals surface area contributed by atoms with E-state index in [9.17, 15) is 13.2 Å². The fraction of sp³-hybridized carbons (Fsp3) is 0.381. The molecular weight excluding hydrogens is 376 g/mol. The lowest BCUT2D eigenvalue weighted by Crippen LogP contribution is -2.48. The normalized spacial score (nSPS) is 12.3. The molecule has 1 amide bonds. The van der Waals surface area contributed by atoms with Crippen molar-refractivity contribution in [1.82, 2.24) is 5.32 Å². The standard InChI is InChI=1S/C21H28N2O4S/c1-15-6-7-16(2)20(14-15)23(28(5,25)26)17(3)21(24)22-13-12-18-8-10-19(27-4)11-9-18/h6-11,14,17H,12-13H2,1-5H3,(H,22,24)/t17-/m0/s1. The third-order valence-electron chi connectivity index (χ3n) is 4.56. The third-order valence-corrected chi connectivity index (χ3v) is 5.79. The summed E-state index contributed by atoms with van der Waals surface area (Å²) in [5.41, 5.74) is 3.32. The van der Waals surface area contributed by atoms with E-state index in [1.54, 1.807) is 20.1 Å². The van der Waals surface area contributed by atoms with Gasteiger partial charge in [-0.1, -0.05) is 24.3 Å². The Hall–Kier alpha value is -2.54. The second-order valence-corrected chi connectivity index (χ2v) is 8.77. The Morgan fingerprint density at radius 1 is 1.14 bits per heavy atom. The molecule has 0 fully saturated rings. The number of methoxy groups -OCH3 is 1. The van der Waals surface area contributed by atoms with Crippen molar-refractivity contribution in [3.63, 3.8) is 0 Å². The summed E-state index contributed by atoms with van der Waals surface area (Å²) in [6.07, 6.45) is 1.76. The van der Waals surface area contributed by atoms with E-state index in [2.05, 4.69) is 5.32 Å². The molecule has 2 aromatic carbocycles. The molecule has 0 aliphatic carbocycles. The Labute approximate surface area is 167 Å². The molecule has 2 aromatic rings. The van der Waals surface area contributed by atoms with Gasteiger partial charge in [-0.15, -0.1) is 0 Å². The molecule has 152 valence electrons. The van der Waals surface area contributed by atoms with Crippen molar-refractivity contribution in [1.29, 1.82) is 0 Å². The number of rotatable bonds is 8. The molecule has 0 saturated carbocycles. The average molecular weight is 405 g/mol. The Bertz CT molecular complexity index is 924. The molecule has 0 saturated heterocycles. The Balaban J connectivity index is 2.10. The van der Waals surface area contributed by atoms with E-state index in [1.165, 1.54) is 4.31 Å². The number of ether oxygens (including phenoxy) is 1. The van der Waals surface area contributed by atoms with E-state index >= 15 is 0 Å². The molecule has 0 unspecified atom stereocenters. The van der Waals surface area contributed by atoms with Gasteiger partial charge >= 0.3 is 0 Å². The van der Waals surface area contributed by atoms with Crippen LogP contribution in [-0.2, 0) is 21.2 Å². The topological polar surface area (TPSA) is 75.7 Å². The highest BCUT2D eigenvalue weighted by Gasteiger charge is 2.30. The summed E-state index contributed by atoms with van der Waals surface area (Å²) in [4.78, 5) is 12.7. The SMILES string of the molecule is COc1ccc(CCNC(=O)[C@H](C)N(c2cc(C)ccc2C)S(C)(=O)=O)cc1. The highest BCUT2D eigenvalue weighted by molar-refractivity contribution is 7.92. The summed E-state index contributed by atoms with van der Waals surface area (Å²) >= 11 is 0. The average Bonchev–Trinajstić information content (AvgIpc) is 2.64. The first-order valence-corrected chi connectivity index (χ1v) is 11.0. The summed E-state index contributed by atoms with van der Waals surface area (Å²) in [5, 5.41) is 2.84. The van der Waals surface area contributed by atoms with Crippen LogP contribution in [0.1, 0.15) is 23.6 Å². The van der Waals surface area contributed by atoms with Crippen LogP contribution >= 0.6 is 0 Å². The zero-order valence-corrected chi connectivity index (χ0v) is 17.8. The number of aryl methyl sites for hydroxylation is 2. The lowest BCUT2D eigenvalue weighted by molar-refractivity contribution is -0.121. The monoisotopic (exact) mass is 404 g/mol. The number of nitrogens with zero attached hydrogens (tertiary/aromatic N) is 1. The fourth-order valence-electron chi connectivity index (χ4n) is 3.01. The molecule has 1 atom stereocenters. The van der Waals surface area contributed by atoms with Crippen molar-refractivity contribution < 1.29 is 17.9 Å². The number of anilines is 1. The smallest absolute Gasteiger partial charge is 0.243 e. The molecule has 2 rings (SSSR count). The Kier molecular flexibility index (Phi) is 7.07. The predicted molar refractivity (Wildman–Crippen MR) is 112 cm³/mol.